The van der Waals surface area contributed by atoms with E-state index >= 15 is 0 Å². The SMILES string of the molecule is CCCN(CCC)C(=O)CCNc1c(F)cccc1F. The van der Waals surface area contributed by atoms with Crippen LogP contribution < -0.4 is 5.32 Å². The van der Waals surface area contributed by atoms with Crippen LogP contribution in [-0.4, -0.2) is 30.4 Å². The van der Waals surface area contributed by atoms with Crippen LogP contribution in [0.15, 0.2) is 18.2 Å². The Balaban J connectivity index is 2.48. The lowest BCUT2D eigenvalue weighted by molar-refractivity contribution is -0.131. The number of anilines is 1. The number of hydrogen-bond acceptors (Lipinski definition) is 2. The molecule has 0 heterocycles. The van der Waals surface area contributed by atoms with Crippen molar-refractivity contribution < 1.29 is 13.6 Å². The Morgan fingerprint density at radius 1 is 1.15 bits per heavy atom. The maximum Gasteiger partial charge on any atom is 0.224 e. The molecule has 0 aromatic heterocycles. The van der Waals surface area contributed by atoms with Crippen LogP contribution in [-0.2, 0) is 4.79 Å². The molecule has 0 fully saturated rings. The van der Waals surface area contributed by atoms with Gasteiger partial charge in [0, 0.05) is 26.1 Å². The van der Waals surface area contributed by atoms with Gasteiger partial charge in [-0.1, -0.05) is 19.9 Å². The topological polar surface area (TPSA) is 32.3 Å². The largest absolute Gasteiger partial charge is 0.380 e. The van der Waals surface area contributed by atoms with Gasteiger partial charge in [-0.15, -0.1) is 0 Å². The Kier molecular flexibility index (Phi) is 6.98. The average molecular weight is 284 g/mol. The number of halogens is 2. The molecule has 0 radical (unpaired) electrons. The number of para-hydroxylation sites is 1. The van der Waals surface area contributed by atoms with E-state index in [4.69, 9.17) is 0 Å². The summed E-state index contributed by atoms with van der Waals surface area (Å²) in [7, 11) is 0. The van der Waals surface area contributed by atoms with Crippen LogP contribution in [0.5, 0.6) is 0 Å². The van der Waals surface area contributed by atoms with Crippen LogP contribution in [0.1, 0.15) is 33.1 Å². The van der Waals surface area contributed by atoms with Crippen LogP contribution >= 0.6 is 0 Å². The molecule has 112 valence electrons. The summed E-state index contributed by atoms with van der Waals surface area (Å²) in [6, 6.07) is 3.69. The summed E-state index contributed by atoms with van der Waals surface area (Å²) < 4.78 is 26.8. The Bertz CT molecular complexity index is 412. The molecule has 0 unspecified atom stereocenters. The molecule has 0 bridgehead atoms. The lowest BCUT2D eigenvalue weighted by Crippen LogP contribution is -2.33. The molecule has 0 aliphatic rings. The predicted octanol–water partition coefficient (Wildman–Crippen LogP) is 3.42. The van der Waals surface area contributed by atoms with Crippen LogP contribution in [0.2, 0.25) is 0 Å². The van der Waals surface area contributed by atoms with E-state index in [1.165, 1.54) is 18.2 Å². The highest BCUT2D eigenvalue weighted by molar-refractivity contribution is 5.76. The fourth-order valence-corrected chi connectivity index (χ4v) is 2.02. The molecule has 1 aromatic carbocycles. The minimum atomic E-state index is -0.642. The third-order valence-corrected chi connectivity index (χ3v) is 2.94. The Hall–Kier alpha value is -1.65. The molecular formula is C15H22F2N2O. The number of carbonyl (C=O) groups excluding carboxylic acids is 1. The zero-order valence-corrected chi connectivity index (χ0v) is 12.1. The second kappa shape index (κ2) is 8.51. The van der Waals surface area contributed by atoms with Gasteiger partial charge in [0.15, 0.2) is 0 Å². The number of benzene rings is 1. The number of nitrogens with zero attached hydrogens (tertiary/aromatic N) is 1. The zero-order chi connectivity index (χ0) is 15.0. The number of carbonyl (C=O) groups is 1. The normalized spacial score (nSPS) is 10.4. The van der Waals surface area contributed by atoms with Gasteiger partial charge >= 0.3 is 0 Å². The van der Waals surface area contributed by atoms with Crippen molar-refractivity contribution in [3.63, 3.8) is 0 Å². The highest BCUT2D eigenvalue weighted by atomic mass is 19.1. The quantitative estimate of drug-likeness (QED) is 0.793. The van der Waals surface area contributed by atoms with E-state index < -0.39 is 11.6 Å². The van der Waals surface area contributed by atoms with Crippen molar-refractivity contribution in [1.29, 1.82) is 0 Å². The number of nitrogens with one attached hydrogen (secondary N) is 1. The zero-order valence-electron chi connectivity index (χ0n) is 12.1. The molecular weight excluding hydrogens is 262 g/mol. The van der Waals surface area contributed by atoms with Gasteiger partial charge in [-0.3, -0.25) is 4.79 Å². The van der Waals surface area contributed by atoms with E-state index in [0.717, 1.165) is 25.9 Å². The minimum Gasteiger partial charge on any atom is -0.380 e. The van der Waals surface area contributed by atoms with Crippen molar-refractivity contribution in [2.45, 2.75) is 33.1 Å². The smallest absolute Gasteiger partial charge is 0.224 e. The van der Waals surface area contributed by atoms with Crippen molar-refractivity contribution in [2.75, 3.05) is 25.0 Å². The Morgan fingerprint density at radius 2 is 1.70 bits per heavy atom. The number of rotatable bonds is 8. The van der Waals surface area contributed by atoms with E-state index in [1.807, 2.05) is 13.8 Å². The Morgan fingerprint density at radius 3 is 2.20 bits per heavy atom. The van der Waals surface area contributed by atoms with E-state index in [9.17, 15) is 13.6 Å². The minimum absolute atomic E-state index is 0.0120. The first-order chi connectivity index (χ1) is 9.60. The summed E-state index contributed by atoms with van der Waals surface area (Å²) in [5, 5.41) is 2.65. The highest BCUT2D eigenvalue weighted by Gasteiger charge is 2.12. The van der Waals surface area contributed by atoms with E-state index in [1.54, 1.807) is 4.90 Å². The van der Waals surface area contributed by atoms with Gasteiger partial charge < -0.3 is 10.2 Å². The molecule has 0 atom stereocenters. The number of hydrogen-bond donors (Lipinski definition) is 1. The molecule has 1 rings (SSSR count). The van der Waals surface area contributed by atoms with Gasteiger partial charge in [0.05, 0.1) is 0 Å². The standard InChI is InChI=1S/C15H22F2N2O/c1-3-10-19(11-4-2)14(20)8-9-18-15-12(16)6-5-7-13(15)17/h5-7,18H,3-4,8-11H2,1-2H3. The molecule has 0 saturated heterocycles. The third-order valence-electron chi connectivity index (χ3n) is 2.94. The molecule has 0 aliphatic heterocycles. The molecule has 0 aliphatic carbocycles. The van der Waals surface area contributed by atoms with Crippen molar-refractivity contribution in [2.24, 2.45) is 0 Å². The van der Waals surface area contributed by atoms with Crippen LogP contribution in [0.3, 0.4) is 0 Å². The molecule has 20 heavy (non-hydrogen) atoms. The second-order valence-corrected chi connectivity index (χ2v) is 4.65. The predicted molar refractivity (Wildman–Crippen MR) is 76.6 cm³/mol. The lowest BCUT2D eigenvalue weighted by atomic mass is 10.2. The number of amides is 1. The molecule has 0 spiro atoms. The highest BCUT2D eigenvalue weighted by Crippen LogP contribution is 2.17. The summed E-state index contributed by atoms with van der Waals surface area (Å²) in [5.41, 5.74) is -0.169. The van der Waals surface area contributed by atoms with Crippen molar-refractivity contribution in [1.82, 2.24) is 4.90 Å². The second-order valence-electron chi connectivity index (χ2n) is 4.65. The molecule has 1 aromatic rings. The van der Waals surface area contributed by atoms with Crippen molar-refractivity contribution in [3.8, 4) is 0 Å². The van der Waals surface area contributed by atoms with Crippen LogP contribution in [0.4, 0.5) is 14.5 Å². The first-order valence-corrected chi connectivity index (χ1v) is 7.05. The van der Waals surface area contributed by atoms with Crippen LogP contribution in [0, 0.1) is 11.6 Å². The van der Waals surface area contributed by atoms with E-state index in [2.05, 4.69) is 5.32 Å². The maximum absolute atomic E-state index is 13.4. The van der Waals surface area contributed by atoms with Gasteiger partial charge in [-0.05, 0) is 25.0 Å². The first kappa shape index (κ1) is 16.4. The average Bonchev–Trinajstić information content (AvgIpc) is 2.41. The summed E-state index contributed by atoms with van der Waals surface area (Å²) in [6.45, 7) is 5.70. The molecule has 5 heteroatoms. The molecule has 0 saturated carbocycles. The molecule has 1 N–H and O–H groups in total. The third kappa shape index (κ3) is 4.79. The van der Waals surface area contributed by atoms with E-state index in [0.29, 0.717) is 0 Å². The van der Waals surface area contributed by atoms with E-state index in [-0.39, 0.29) is 24.6 Å². The lowest BCUT2D eigenvalue weighted by Gasteiger charge is -2.21. The summed E-state index contributed by atoms with van der Waals surface area (Å²) in [5.74, 6) is -1.27. The summed E-state index contributed by atoms with van der Waals surface area (Å²) >= 11 is 0. The van der Waals surface area contributed by atoms with Crippen molar-refractivity contribution in [3.05, 3.63) is 29.8 Å². The Labute approximate surface area is 119 Å². The maximum atomic E-state index is 13.4. The van der Waals surface area contributed by atoms with Crippen LogP contribution in [0.25, 0.3) is 0 Å². The molecule has 1 amide bonds. The van der Waals surface area contributed by atoms with Gasteiger partial charge in [-0.25, -0.2) is 8.78 Å². The fraction of sp³-hybridized carbons (Fsp3) is 0.533. The molecule has 3 nitrogen and oxygen atoms in total. The van der Waals surface area contributed by atoms with Gasteiger partial charge in [0.1, 0.15) is 17.3 Å². The first-order valence-electron chi connectivity index (χ1n) is 7.05. The van der Waals surface area contributed by atoms with Crippen molar-refractivity contribution >= 4 is 11.6 Å². The summed E-state index contributed by atoms with van der Waals surface area (Å²) in [6.07, 6.45) is 2.04. The fourth-order valence-electron chi connectivity index (χ4n) is 2.02. The summed E-state index contributed by atoms with van der Waals surface area (Å²) in [4.78, 5) is 13.8. The monoisotopic (exact) mass is 284 g/mol. The van der Waals surface area contributed by atoms with Gasteiger partial charge in [-0.2, -0.15) is 0 Å². The van der Waals surface area contributed by atoms with Gasteiger partial charge in [0.2, 0.25) is 5.91 Å². The van der Waals surface area contributed by atoms with Gasteiger partial charge in [0.25, 0.3) is 0 Å².